The minimum absolute atomic E-state index is 0.254. The lowest BCUT2D eigenvalue weighted by Gasteiger charge is -2.13. The summed E-state index contributed by atoms with van der Waals surface area (Å²) in [7, 11) is 0. The van der Waals surface area contributed by atoms with Crippen LogP contribution < -0.4 is 10.1 Å². The molecular weight excluding hydrogens is 250 g/mol. The van der Waals surface area contributed by atoms with E-state index in [1.807, 2.05) is 19.9 Å². The number of aliphatic hydroxyl groups is 1. The molecule has 0 saturated carbocycles. The number of ether oxygens (including phenoxy) is 1. The van der Waals surface area contributed by atoms with E-state index in [1.54, 1.807) is 12.1 Å². The van der Waals surface area contributed by atoms with Crippen LogP contribution in [0.25, 0.3) is 0 Å². The maximum absolute atomic E-state index is 9.70. The molecular formula is C14H20ClNO2. The molecule has 1 unspecified atom stereocenters. The van der Waals surface area contributed by atoms with Gasteiger partial charge in [0, 0.05) is 18.1 Å². The van der Waals surface area contributed by atoms with Crippen LogP contribution in [0.3, 0.4) is 0 Å². The number of benzene rings is 1. The van der Waals surface area contributed by atoms with E-state index in [9.17, 15) is 5.11 Å². The third-order valence-corrected chi connectivity index (χ3v) is 2.80. The minimum atomic E-state index is -0.541. The Balaban J connectivity index is 2.31. The fourth-order valence-electron chi connectivity index (χ4n) is 1.41. The van der Waals surface area contributed by atoms with E-state index in [-0.39, 0.29) is 6.61 Å². The van der Waals surface area contributed by atoms with E-state index in [1.165, 1.54) is 0 Å². The highest BCUT2D eigenvalue weighted by Crippen LogP contribution is 2.20. The van der Waals surface area contributed by atoms with Crippen molar-refractivity contribution < 1.29 is 9.84 Å². The summed E-state index contributed by atoms with van der Waals surface area (Å²) in [6.45, 7) is 9.07. The van der Waals surface area contributed by atoms with E-state index in [4.69, 9.17) is 16.3 Å². The molecule has 0 amide bonds. The van der Waals surface area contributed by atoms with E-state index < -0.39 is 6.10 Å². The molecule has 0 spiro atoms. The number of nitrogens with one attached hydrogen (secondary N) is 1. The van der Waals surface area contributed by atoms with Crippen LogP contribution in [0.4, 0.5) is 0 Å². The standard InChI is InChI=1S/C14H20ClNO2/c1-10(2)7-16-8-12(17)9-18-13-4-5-14(15)11(3)6-13/h4-6,12,16-17H,1,7-9H2,2-3H3. The Morgan fingerprint density at radius 2 is 2.28 bits per heavy atom. The van der Waals surface area contributed by atoms with Gasteiger partial charge >= 0.3 is 0 Å². The van der Waals surface area contributed by atoms with Gasteiger partial charge in [0.2, 0.25) is 0 Å². The summed E-state index contributed by atoms with van der Waals surface area (Å²) in [4.78, 5) is 0. The van der Waals surface area contributed by atoms with Gasteiger partial charge in [0.25, 0.3) is 0 Å². The lowest BCUT2D eigenvalue weighted by Crippen LogP contribution is -2.32. The Morgan fingerprint density at radius 1 is 1.56 bits per heavy atom. The lowest BCUT2D eigenvalue weighted by atomic mass is 10.2. The molecule has 3 nitrogen and oxygen atoms in total. The zero-order valence-corrected chi connectivity index (χ0v) is 11.6. The molecule has 4 heteroatoms. The monoisotopic (exact) mass is 269 g/mol. The quantitative estimate of drug-likeness (QED) is 0.748. The Hall–Kier alpha value is -1.03. The van der Waals surface area contributed by atoms with Crippen LogP contribution in [-0.2, 0) is 0 Å². The van der Waals surface area contributed by atoms with Crippen LogP contribution >= 0.6 is 11.6 Å². The third-order valence-electron chi connectivity index (χ3n) is 2.38. The summed E-state index contributed by atoms with van der Waals surface area (Å²) in [5.74, 6) is 0.718. The topological polar surface area (TPSA) is 41.5 Å². The molecule has 0 aromatic heterocycles. The van der Waals surface area contributed by atoms with Crippen molar-refractivity contribution in [2.45, 2.75) is 20.0 Å². The van der Waals surface area contributed by atoms with Gasteiger partial charge in [-0.2, -0.15) is 0 Å². The van der Waals surface area contributed by atoms with Crippen LogP contribution in [0.1, 0.15) is 12.5 Å². The van der Waals surface area contributed by atoms with Crippen LogP contribution in [0, 0.1) is 6.92 Å². The number of rotatable bonds is 7. The van der Waals surface area contributed by atoms with Crippen LogP contribution in [0.5, 0.6) is 5.75 Å². The predicted octanol–water partition coefficient (Wildman–Crippen LogP) is 2.55. The molecule has 0 saturated heterocycles. The van der Waals surface area contributed by atoms with Gasteiger partial charge in [0.15, 0.2) is 0 Å². The van der Waals surface area contributed by atoms with Crippen molar-refractivity contribution in [1.29, 1.82) is 0 Å². The molecule has 0 aliphatic rings. The fourth-order valence-corrected chi connectivity index (χ4v) is 1.53. The maximum Gasteiger partial charge on any atom is 0.119 e. The highest BCUT2D eigenvalue weighted by molar-refractivity contribution is 6.31. The van der Waals surface area contributed by atoms with E-state index in [0.29, 0.717) is 18.1 Å². The summed E-state index contributed by atoms with van der Waals surface area (Å²) < 4.78 is 5.49. The normalized spacial score (nSPS) is 12.2. The fraction of sp³-hybridized carbons (Fsp3) is 0.429. The molecule has 100 valence electrons. The second-order valence-electron chi connectivity index (χ2n) is 4.46. The number of aliphatic hydroxyl groups excluding tert-OH is 1. The number of hydrogen-bond donors (Lipinski definition) is 2. The highest BCUT2D eigenvalue weighted by Gasteiger charge is 2.05. The van der Waals surface area contributed by atoms with Gasteiger partial charge in [-0.1, -0.05) is 23.8 Å². The van der Waals surface area contributed by atoms with E-state index in [2.05, 4.69) is 11.9 Å². The average molecular weight is 270 g/mol. The van der Waals surface area contributed by atoms with E-state index in [0.717, 1.165) is 16.9 Å². The molecule has 0 bridgehead atoms. The number of aryl methyl sites for hydroxylation is 1. The molecule has 0 heterocycles. The predicted molar refractivity (Wildman–Crippen MR) is 75.4 cm³/mol. The Bertz CT molecular complexity index is 407. The first-order valence-electron chi connectivity index (χ1n) is 5.91. The molecule has 1 atom stereocenters. The van der Waals surface area contributed by atoms with Crippen LogP contribution in [0.2, 0.25) is 5.02 Å². The molecule has 2 N–H and O–H groups in total. The molecule has 1 aromatic rings. The average Bonchev–Trinajstić information content (AvgIpc) is 2.30. The van der Waals surface area contributed by atoms with Crippen LogP contribution in [0.15, 0.2) is 30.4 Å². The molecule has 1 rings (SSSR count). The smallest absolute Gasteiger partial charge is 0.119 e. The highest BCUT2D eigenvalue weighted by atomic mass is 35.5. The summed E-state index contributed by atoms with van der Waals surface area (Å²) in [6, 6.07) is 5.44. The van der Waals surface area contributed by atoms with Crippen molar-refractivity contribution in [2.75, 3.05) is 19.7 Å². The first-order valence-corrected chi connectivity index (χ1v) is 6.29. The van der Waals surface area contributed by atoms with Crippen molar-refractivity contribution in [3.05, 3.63) is 40.9 Å². The third kappa shape index (κ3) is 5.54. The first-order chi connectivity index (χ1) is 8.49. The summed E-state index contributed by atoms with van der Waals surface area (Å²) >= 11 is 5.92. The number of halogens is 1. The second-order valence-corrected chi connectivity index (χ2v) is 4.87. The maximum atomic E-state index is 9.70. The Labute approximate surface area is 113 Å². The zero-order valence-electron chi connectivity index (χ0n) is 10.9. The molecule has 0 radical (unpaired) electrons. The largest absolute Gasteiger partial charge is 0.491 e. The van der Waals surface area contributed by atoms with Gasteiger partial charge < -0.3 is 15.2 Å². The van der Waals surface area contributed by atoms with Gasteiger partial charge in [-0.25, -0.2) is 0 Å². The lowest BCUT2D eigenvalue weighted by molar-refractivity contribution is 0.107. The van der Waals surface area contributed by atoms with Crippen molar-refractivity contribution in [3.8, 4) is 5.75 Å². The molecule has 0 aliphatic carbocycles. The zero-order chi connectivity index (χ0) is 13.5. The summed E-state index contributed by atoms with van der Waals surface area (Å²) in [5.41, 5.74) is 2.00. The molecule has 1 aromatic carbocycles. The van der Waals surface area contributed by atoms with Crippen molar-refractivity contribution in [3.63, 3.8) is 0 Å². The van der Waals surface area contributed by atoms with Crippen molar-refractivity contribution in [1.82, 2.24) is 5.32 Å². The minimum Gasteiger partial charge on any atom is -0.491 e. The van der Waals surface area contributed by atoms with Gasteiger partial charge in [-0.05, 0) is 37.6 Å². The van der Waals surface area contributed by atoms with Gasteiger partial charge in [-0.15, -0.1) is 0 Å². The Morgan fingerprint density at radius 3 is 2.89 bits per heavy atom. The van der Waals surface area contributed by atoms with E-state index >= 15 is 0 Å². The van der Waals surface area contributed by atoms with Crippen LogP contribution in [-0.4, -0.2) is 30.9 Å². The first kappa shape index (κ1) is 15.0. The molecule has 18 heavy (non-hydrogen) atoms. The summed E-state index contributed by atoms with van der Waals surface area (Å²) in [5, 5.41) is 13.5. The number of hydrogen-bond acceptors (Lipinski definition) is 3. The van der Waals surface area contributed by atoms with Gasteiger partial charge in [0.05, 0.1) is 0 Å². The Kier molecular flexibility index (Phi) is 6.19. The van der Waals surface area contributed by atoms with Gasteiger partial charge in [0.1, 0.15) is 18.5 Å². The second kappa shape index (κ2) is 7.41. The molecule has 0 aliphatic heterocycles. The molecule has 0 fully saturated rings. The van der Waals surface area contributed by atoms with Crippen molar-refractivity contribution in [2.24, 2.45) is 0 Å². The van der Waals surface area contributed by atoms with Crippen molar-refractivity contribution >= 4 is 11.6 Å². The van der Waals surface area contributed by atoms with Gasteiger partial charge in [-0.3, -0.25) is 0 Å². The SMILES string of the molecule is C=C(C)CNCC(O)COc1ccc(Cl)c(C)c1. The summed E-state index contributed by atoms with van der Waals surface area (Å²) in [6.07, 6.45) is -0.541.